The summed E-state index contributed by atoms with van der Waals surface area (Å²) in [7, 11) is 0. The summed E-state index contributed by atoms with van der Waals surface area (Å²) < 4.78 is 0. The SMILES string of the molecule is CC(C)C[C@H]1CN(C(=O)CC2CC2)CC(=O)N[C@@H](CCCCN)CN(C(=O)CCc2ccccc2)CC(=O)NC(Cc2ccccc2)CN(CC(N)=O)C(=O)CCSCc2ccc(cc2)C(=O)N[C@@H](Cc2ccccc2)CN(C(=O)CC2CC2)CC(=O)N1. The monoisotopic (exact) mass is 1220 g/mol. The summed E-state index contributed by atoms with van der Waals surface area (Å²) in [4.78, 5) is 134. The van der Waals surface area contributed by atoms with E-state index in [9.17, 15) is 43.2 Å². The Balaban J connectivity index is 1.21. The van der Waals surface area contributed by atoms with Gasteiger partial charge in [0.15, 0.2) is 0 Å². The number of thioether (sulfide) groups is 1. The van der Waals surface area contributed by atoms with E-state index in [1.165, 1.54) is 31.4 Å². The van der Waals surface area contributed by atoms with Gasteiger partial charge in [0.25, 0.3) is 5.91 Å². The van der Waals surface area contributed by atoms with Crippen molar-refractivity contribution in [2.45, 2.75) is 140 Å². The first kappa shape index (κ1) is 67.9. The lowest BCUT2D eigenvalue weighted by molar-refractivity contribution is -0.139. The van der Waals surface area contributed by atoms with Crippen LogP contribution in [0.1, 0.15) is 124 Å². The van der Waals surface area contributed by atoms with E-state index < -0.39 is 54.3 Å². The van der Waals surface area contributed by atoms with Crippen molar-refractivity contribution < 1.29 is 43.2 Å². The minimum atomic E-state index is -0.723. The summed E-state index contributed by atoms with van der Waals surface area (Å²) in [6, 6.07) is 33.1. The first-order valence-corrected chi connectivity index (χ1v) is 32.7. The molecular weight excluding hydrogens is 1130 g/mol. The Labute approximate surface area is 523 Å². The predicted molar refractivity (Wildman–Crippen MR) is 342 cm³/mol. The topological polar surface area (TPSA) is 267 Å². The number of fused-ring (bicyclic) bond motifs is 29. The molecule has 19 nitrogen and oxygen atoms in total. The van der Waals surface area contributed by atoms with Gasteiger partial charge < -0.3 is 52.3 Å². The molecule has 2 aliphatic heterocycles. The lowest BCUT2D eigenvalue weighted by Gasteiger charge is -2.32. The molecule has 0 radical (unpaired) electrons. The maximum atomic E-state index is 14.6. The Morgan fingerprint density at radius 2 is 1.05 bits per heavy atom. The van der Waals surface area contributed by atoms with E-state index in [2.05, 4.69) is 21.3 Å². The van der Waals surface area contributed by atoms with Crippen molar-refractivity contribution in [2.24, 2.45) is 29.2 Å². The van der Waals surface area contributed by atoms with Crippen molar-refractivity contribution in [1.82, 2.24) is 40.9 Å². The molecule has 1 unspecified atom stereocenters. The van der Waals surface area contributed by atoms with Crippen LogP contribution in [0.15, 0.2) is 115 Å². The van der Waals surface area contributed by atoms with E-state index in [1.807, 2.05) is 117 Å². The first-order chi connectivity index (χ1) is 42.4. The number of benzene rings is 4. The van der Waals surface area contributed by atoms with Gasteiger partial charge in [-0.05, 0) is 123 Å². The number of nitrogens with two attached hydrogens (primary N) is 2. The van der Waals surface area contributed by atoms with Gasteiger partial charge in [-0.2, -0.15) is 11.8 Å². The summed E-state index contributed by atoms with van der Waals surface area (Å²) in [5, 5.41) is 12.6. The summed E-state index contributed by atoms with van der Waals surface area (Å²) in [5.74, 6) is -2.26. The summed E-state index contributed by atoms with van der Waals surface area (Å²) in [5.41, 5.74) is 15.8. The van der Waals surface area contributed by atoms with Gasteiger partial charge >= 0.3 is 0 Å². The minimum Gasteiger partial charge on any atom is -0.368 e. The standard InChI is InChI=1S/C68H92N10O9S/c1-48(2)34-57-40-77(66(85)37-52-21-22-52)45-61(80)71-56(20-12-13-32-69)39-76(64(83)30-27-49-14-6-3-7-15-49)44-62(81)73-58(35-50-16-8-4-9-17-50)41-75(43-60(70)79)65(84)31-33-88-47-54-25-28-55(29-26-54)68(87)74-59(36-51-18-10-5-11-19-51)42-78(46-63(82)72-57)67(86)38-53-23-24-53/h3-11,14-19,25-26,28-29,48,52-53,56-59H,12-13,20-24,27,30-47,69H2,1-2H3,(H2,70,79)(H,71,80)(H,72,82)(H,73,81)(H,74,87)/t56-,57-,58?,59-/m0/s1. The van der Waals surface area contributed by atoms with Crippen molar-refractivity contribution >= 4 is 64.9 Å². The van der Waals surface area contributed by atoms with Gasteiger partial charge in [0.1, 0.15) is 0 Å². The largest absolute Gasteiger partial charge is 0.368 e. The lowest BCUT2D eigenvalue weighted by Crippen LogP contribution is -2.55. The molecule has 8 rings (SSSR count). The molecule has 0 saturated heterocycles. The second kappa shape index (κ2) is 35.4. The van der Waals surface area contributed by atoms with E-state index in [1.54, 1.807) is 12.1 Å². The fourth-order valence-electron chi connectivity index (χ4n) is 11.2. The Morgan fingerprint density at radius 1 is 0.568 bits per heavy atom. The number of rotatable bonds is 19. The highest BCUT2D eigenvalue weighted by Crippen LogP contribution is 2.34. The fourth-order valence-corrected chi connectivity index (χ4v) is 12.1. The summed E-state index contributed by atoms with van der Waals surface area (Å²) >= 11 is 1.50. The van der Waals surface area contributed by atoms with E-state index >= 15 is 0 Å². The zero-order chi connectivity index (χ0) is 62.8. The molecule has 8 N–H and O–H groups in total. The molecule has 20 heteroatoms. The third-order valence-electron chi connectivity index (χ3n) is 16.1. The van der Waals surface area contributed by atoms with Crippen LogP contribution in [0.25, 0.3) is 0 Å². The summed E-state index contributed by atoms with van der Waals surface area (Å²) in [6.07, 6.45) is 7.33. The molecular formula is C68H92N10O9S. The number of carbonyl (C=O) groups is 9. The van der Waals surface area contributed by atoms with Crippen LogP contribution in [0.2, 0.25) is 0 Å². The Bertz CT molecular complexity index is 2910. The number of carbonyl (C=O) groups excluding carboxylic acids is 9. The van der Waals surface area contributed by atoms with Crippen LogP contribution in [-0.2, 0) is 63.4 Å². The number of unbranched alkanes of at least 4 members (excludes halogenated alkanes) is 1. The quantitative estimate of drug-likeness (QED) is 0.0499. The van der Waals surface area contributed by atoms with E-state index in [4.69, 9.17) is 11.5 Å². The highest BCUT2D eigenvalue weighted by molar-refractivity contribution is 7.98. The molecule has 4 aromatic carbocycles. The number of hydrogen-bond donors (Lipinski definition) is 6. The van der Waals surface area contributed by atoms with Gasteiger partial charge in [0.05, 0.1) is 38.3 Å². The molecule has 4 aromatic rings. The molecule has 0 spiro atoms. The van der Waals surface area contributed by atoms with Gasteiger partial charge in [-0.1, -0.05) is 123 Å². The smallest absolute Gasteiger partial charge is 0.251 e. The van der Waals surface area contributed by atoms with E-state index in [0.717, 1.165) is 47.9 Å². The van der Waals surface area contributed by atoms with Crippen LogP contribution in [0.5, 0.6) is 0 Å². The van der Waals surface area contributed by atoms with Crippen LogP contribution in [0, 0.1) is 17.8 Å². The van der Waals surface area contributed by atoms with Crippen LogP contribution >= 0.6 is 11.8 Å². The molecule has 2 heterocycles. The number of nitrogens with zero attached hydrogens (tertiary/aromatic N) is 4. The minimum absolute atomic E-state index is 0.0117. The van der Waals surface area contributed by atoms with E-state index in [-0.39, 0.29) is 125 Å². The van der Waals surface area contributed by atoms with Crippen molar-refractivity contribution in [3.8, 4) is 0 Å². The molecule has 2 fully saturated rings. The number of aryl methyl sites for hydroxylation is 1. The van der Waals surface area contributed by atoms with E-state index in [0.29, 0.717) is 62.1 Å². The maximum absolute atomic E-state index is 14.6. The maximum Gasteiger partial charge on any atom is 0.251 e. The van der Waals surface area contributed by atoms with Gasteiger partial charge in [0, 0.05) is 81.0 Å². The second-order valence-electron chi connectivity index (χ2n) is 24.6. The fraction of sp³-hybridized carbons (Fsp3) is 0.515. The van der Waals surface area contributed by atoms with Gasteiger partial charge in [0.2, 0.25) is 47.3 Å². The highest BCUT2D eigenvalue weighted by Gasteiger charge is 2.34. The molecule has 2 aliphatic carbocycles. The first-order valence-electron chi connectivity index (χ1n) is 31.5. The lowest BCUT2D eigenvalue weighted by atomic mass is 10.0. The van der Waals surface area contributed by atoms with Crippen LogP contribution in [0.3, 0.4) is 0 Å². The van der Waals surface area contributed by atoms with Crippen molar-refractivity contribution in [2.75, 3.05) is 64.7 Å². The normalized spacial score (nSPS) is 20.5. The van der Waals surface area contributed by atoms with Gasteiger partial charge in [-0.15, -0.1) is 0 Å². The predicted octanol–water partition coefficient (Wildman–Crippen LogP) is 5.57. The number of amides is 9. The average molecular weight is 1230 g/mol. The van der Waals surface area contributed by atoms with Crippen molar-refractivity contribution in [3.63, 3.8) is 0 Å². The van der Waals surface area contributed by atoms with Gasteiger partial charge in [-0.25, -0.2) is 0 Å². The van der Waals surface area contributed by atoms with Crippen LogP contribution in [0.4, 0.5) is 0 Å². The third kappa shape index (κ3) is 24.9. The molecule has 474 valence electrons. The Hall–Kier alpha value is -7.58. The zero-order valence-corrected chi connectivity index (χ0v) is 52.2. The second-order valence-corrected chi connectivity index (χ2v) is 25.7. The molecule has 4 aliphatic rings. The molecule has 2 saturated carbocycles. The zero-order valence-electron chi connectivity index (χ0n) is 51.4. The molecule has 2 bridgehead atoms. The molecule has 4 atom stereocenters. The number of primary amides is 1. The third-order valence-corrected chi connectivity index (χ3v) is 17.1. The Morgan fingerprint density at radius 3 is 1.56 bits per heavy atom. The average Bonchev–Trinajstić information content (AvgIpc) is 4.41. The molecule has 88 heavy (non-hydrogen) atoms. The van der Waals surface area contributed by atoms with Gasteiger partial charge in [-0.3, -0.25) is 43.2 Å². The Kier molecular flexibility index (Phi) is 27.3. The number of nitrogens with one attached hydrogen (secondary N) is 4. The highest BCUT2D eigenvalue weighted by atomic mass is 32.2. The van der Waals surface area contributed by atoms with Crippen LogP contribution < -0.4 is 32.7 Å². The van der Waals surface area contributed by atoms with Crippen molar-refractivity contribution in [3.05, 3.63) is 143 Å². The molecule has 0 aromatic heterocycles. The summed E-state index contributed by atoms with van der Waals surface area (Å²) in [6.45, 7) is 2.93. The van der Waals surface area contributed by atoms with Crippen LogP contribution in [-0.4, -0.2) is 162 Å². The molecule has 9 amide bonds. The number of hydrogen-bond acceptors (Lipinski definition) is 11. The van der Waals surface area contributed by atoms with Crippen molar-refractivity contribution in [1.29, 1.82) is 0 Å².